The van der Waals surface area contributed by atoms with Crippen molar-refractivity contribution in [2.75, 3.05) is 7.11 Å². The van der Waals surface area contributed by atoms with Gasteiger partial charge in [-0.25, -0.2) is 9.97 Å². The van der Waals surface area contributed by atoms with Crippen LogP contribution in [0.4, 0.5) is 13.2 Å². The predicted molar refractivity (Wildman–Crippen MR) is 99.0 cm³/mol. The van der Waals surface area contributed by atoms with Crippen molar-refractivity contribution in [3.05, 3.63) is 53.6 Å². The smallest absolute Gasteiger partial charge is 0.416 e. The van der Waals surface area contributed by atoms with Gasteiger partial charge in [0.1, 0.15) is 11.9 Å². The highest BCUT2D eigenvalue weighted by molar-refractivity contribution is 5.89. The summed E-state index contributed by atoms with van der Waals surface area (Å²) >= 11 is 0. The molecule has 0 saturated carbocycles. The van der Waals surface area contributed by atoms with Crippen LogP contribution in [0.3, 0.4) is 0 Å². The van der Waals surface area contributed by atoms with Crippen LogP contribution in [-0.2, 0) is 15.8 Å². The highest BCUT2D eigenvalue weighted by Crippen LogP contribution is 2.35. The average molecular weight is 423 g/mol. The number of carbonyl (C=O) groups is 2. The van der Waals surface area contributed by atoms with Crippen molar-refractivity contribution in [1.29, 1.82) is 0 Å². The Labute approximate surface area is 170 Å². The molecule has 1 aromatic heterocycles. The van der Waals surface area contributed by atoms with E-state index in [4.69, 9.17) is 4.74 Å². The maximum atomic E-state index is 12.9. The minimum Gasteiger partial charge on any atom is -0.496 e. The van der Waals surface area contributed by atoms with E-state index in [9.17, 15) is 22.8 Å². The number of amides is 2. The van der Waals surface area contributed by atoms with Crippen LogP contribution in [-0.4, -0.2) is 34.9 Å². The number of aromatic nitrogens is 2. The minimum atomic E-state index is -4.51. The van der Waals surface area contributed by atoms with E-state index in [1.54, 1.807) is 13.0 Å². The Bertz CT molecular complexity index is 923. The second-order valence-corrected chi connectivity index (χ2v) is 6.72. The molecule has 1 aromatic carbocycles. The molecule has 3 rings (SSSR count). The summed E-state index contributed by atoms with van der Waals surface area (Å²) in [6, 6.07) is 3.16. The molecule has 11 heteroatoms. The Balaban J connectivity index is 1.73. The van der Waals surface area contributed by atoms with Gasteiger partial charge in [0.15, 0.2) is 5.82 Å². The van der Waals surface area contributed by atoms with Crippen LogP contribution in [0, 0.1) is 0 Å². The third-order valence-corrected chi connectivity index (χ3v) is 4.61. The van der Waals surface area contributed by atoms with E-state index in [1.807, 2.05) is 0 Å². The van der Waals surface area contributed by atoms with Crippen molar-refractivity contribution in [1.82, 2.24) is 25.9 Å². The number of ether oxygens (including phenoxy) is 1. The number of hydrogen-bond donors (Lipinski definition) is 3. The molecule has 0 aliphatic carbocycles. The number of methoxy groups -OCH3 is 1. The van der Waals surface area contributed by atoms with Crippen LogP contribution < -0.4 is 20.7 Å². The molecular formula is C19H20F3N5O3. The number of nitrogens with zero attached hydrogens (tertiary/aromatic N) is 2. The van der Waals surface area contributed by atoms with Gasteiger partial charge in [0.2, 0.25) is 11.8 Å². The summed E-state index contributed by atoms with van der Waals surface area (Å²) in [5.41, 5.74) is -0.472. The number of halogens is 3. The first-order valence-corrected chi connectivity index (χ1v) is 9.07. The van der Waals surface area contributed by atoms with E-state index in [1.165, 1.54) is 25.6 Å². The van der Waals surface area contributed by atoms with Gasteiger partial charge in [-0.15, -0.1) is 0 Å². The zero-order chi connectivity index (χ0) is 21.9. The quantitative estimate of drug-likeness (QED) is 0.678. The summed E-state index contributed by atoms with van der Waals surface area (Å²) in [7, 11) is 1.25. The standard InChI is InChI=1S/C19H20F3N5O3/c1-10(12-5-4-11(19(20,21)22)8-14(12)30-2)25-18(29)13-9-15(28)27-17(26-13)16-23-6-3-7-24-16/h3-8,10,13,17,26H,9H2,1-2H3,(H,25,29)(H,27,28)/t10-,13?,17?/m1/s1. The topological polar surface area (TPSA) is 105 Å². The lowest BCUT2D eigenvalue weighted by molar-refractivity contribution is -0.137. The lowest BCUT2D eigenvalue weighted by atomic mass is 10.0. The molecule has 1 aliphatic rings. The number of nitrogens with one attached hydrogen (secondary N) is 3. The van der Waals surface area contributed by atoms with Crippen LogP contribution in [0.25, 0.3) is 0 Å². The SMILES string of the molecule is COc1cc(C(F)(F)F)ccc1[C@@H](C)NC(=O)C1CC(=O)NC(c2ncccn2)N1. The molecule has 1 saturated heterocycles. The summed E-state index contributed by atoms with van der Waals surface area (Å²) in [4.78, 5) is 32.9. The zero-order valence-electron chi connectivity index (χ0n) is 16.2. The van der Waals surface area contributed by atoms with E-state index < -0.39 is 35.9 Å². The van der Waals surface area contributed by atoms with Crippen molar-refractivity contribution < 1.29 is 27.5 Å². The number of hydrogen-bond acceptors (Lipinski definition) is 6. The molecule has 2 amide bonds. The van der Waals surface area contributed by atoms with Crippen molar-refractivity contribution >= 4 is 11.8 Å². The molecule has 0 bridgehead atoms. The van der Waals surface area contributed by atoms with Crippen molar-refractivity contribution in [3.63, 3.8) is 0 Å². The molecule has 2 unspecified atom stereocenters. The molecule has 0 spiro atoms. The molecular weight excluding hydrogens is 403 g/mol. The fraction of sp³-hybridized carbons (Fsp3) is 0.368. The molecule has 1 aliphatic heterocycles. The number of carbonyl (C=O) groups excluding carboxylic acids is 2. The maximum Gasteiger partial charge on any atom is 0.416 e. The summed E-state index contributed by atoms with van der Waals surface area (Å²) < 4.78 is 43.8. The van der Waals surface area contributed by atoms with E-state index in [2.05, 4.69) is 25.9 Å². The molecule has 0 radical (unpaired) electrons. The largest absolute Gasteiger partial charge is 0.496 e. The Kier molecular flexibility index (Phi) is 6.20. The highest BCUT2D eigenvalue weighted by Gasteiger charge is 2.34. The Morgan fingerprint density at radius 1 is 1.30 bits per heavy atom. The number of benzene rings is 1. The number of rotatable bonds is 5. The van der Waals surface area contributed by atoms with Crippen molar-refractivity contribution in [3.8, 4) is 5.75 Å². The van der Waals surface area contributed by atoms with Gasteiger partial charge in [-0.05, 0) is 25.1 Å². The van der Waals surface area contributed by atoms with E-state index in [-0.39, 0.29) is 18.1 Å². The van der Waals surface area contributed by atoms with Crippen molar-refractivity contribution in [2.45, 2.75) is 37.8 Å². The lowest BCUT2D eigenvalue weighted by Gasteiger charge is -2.30. The van der Waals surface area contributed by atoms with Gasteiger partial charge < -0.3 is 15.4 Å². The fourth-order valence-corrected chi connectivity index (χ4v) is 3.11. The van der Waals surface area contributed by atoms with Crippen LogP contribution in [0.15, 0.2) is 36.7 Å². The third-order valence-electron chi connectivity index (χ3n) is 4.61. The van der Waals surface area contributed by atoms with Gasteiger partial charge in [-0.1, -0.05) is 6.07 Å². The van der Waals surface area contributed by atoms with Gasteiger partial charge in [0, 0.05) is 18.0 Å². The van der Waals surface area contributed by atoms with Crippen molar-refractivity contribution in [2.24, 2.45) is 0 Å². The van der Waals surface area contributed by atoms with Crippen LogP contribution >= 0.6 is 0 Å². The Morgan fingerprint density at radius 2 is 2.00 bits per heavy atom. The highest BCUT2D eigenvalue weighted by atomic mass is 19.4. The van der Waals surface area contributed by atoms with Gasteiger partial charge in [0.05, 0.1) is 31.2 Å². The molecule has 30 heavy (non-hydrogen) atoms. The predicted octanol–water partition coefficient (Wildman–Crippen LogP) is 1.86. The van der Waals surface area contributed by atoms with Gasteiger partial charge in [-0.3, -0.25) is 14.9 Å². The average Bonchev–Trinajstić information content (AvgIpc) is 2.72. The molecule has 1 fully saturated rings. The third kappa shape index (κ3) is 4.85. The molecule has 3 N–H and O–H groups in total. The first kappa shape index (κ1) is 21.5. The van der Waals surface area contributed by atoms with Gasteiger partial charge in [0.25, 0.3) is 0 Å². The fourth-order valence-electron chi connectivity index (χ4n) is 3.11. The monoisotopic (exact) mass is 423 g/mol. The summed E-state index contributed by atoms with van der Waals surface area (Å²) in [5, 5.41) is 8.33. The first-order chi connectivity index (χ1) is 14.2. The summed E-state index contributed by atoms with van der Waals surface area (Å²) in [6.07, 6.45) is -2.32. The molecule has 8 nitrogen and oxygen atoms in total. The Hall–Kier alpha value is -3.21. The zero-order valence-corrected chi connectivity index (χ0v) is 16.2. The van der Waals surface area contributed by atoms with Crippen LogP contribution in [0.5, 0.6) is 5.75 Å². The summed E-state index contributed by atoms with van der Waals surface area (Å²) in [6.45, 7) is 1.61. The van der Waals surface area contributed by atoms with E-state index in [0.29, 0.717) is 11.4 Å². The summed E-state index contributed by atoms with van der Waals surface area (Å²) in [5.74, 6) is -0.533. The molecule has 2 heterocycles. The molecule has 3 atom stereocenters. The van der Waals surface area contributed by atoms with Crippen LogP contribution in [0.2, 0.25) is 0 Å². The number of alkyl halides is 3. The molecule has 2 aromatic rings. The second kappa shape index (κ2) is 8.66. The molecule has 160 valence electrons. The second-order valence-electron chi connectivity index (χ2n) is 6.72. The lowest BCUT2D eigenvalue weighted by Crippen LogP contribution is -2.56. The Morgan fingerprint density at radius 3 is 2.63 bits per heavy atom. The van der Waals surface area contributed by atoms with E-state index in [0.717, 1.165) is 12.1 Å². The van der Waals surface area contributed by atoms with Gasteiger partial charge >= 0.3 is 6.18 Å². The first-order valence-electron chi connectivity index (χ1n) is 9.07. The van der Waals surface area contributed by atoms with E-state index >= 15 is 0 Å². The van der Waals surface area contributed by atoms with Gasteiger partial charge in [-0.2, -0.15) is 13.2 Å². The normalized spacial score (nSPS) is 20.2. The van der Waals surface area contributed by atoms with Crippen LogP contribution in [0.1, 0.15) is 42.5 Å². The maximum absolute atomic E-state index is 12.9. The minimum absolute atomic E-state index is 0.00235.